The van der Waals surface area contributed by atoms with Crippen LogP contribution in [-0.4, -0.2) is 28.3 Å². The first-order chi connectivity index (χ1) is 15.8. The van der Waals surface area contributed by atoms with Gasteiger partial charge >= 0.3 is 12.1 Å². The van der Waals surface area contributed by atoms with Crippen molar-refractivity contribution in [1.82, 2.24) is 9.88 Å². The maximum Gasteiger partial charge on any atom is 0.408 e. The summed E-state index contributed by atoms with van der Waals surface area (Å²) in [6.07, 6.45) is 1.52. The highest BCUT2D eigenvalue weighted by atomic mass is 19.1. The van der Waals surface area contributed by atoms with Gasteiger partial charge in [-0.1, -0.05) is 30.3 Å². The normalized spacial score (nSPS) is 17.8. The molecule has 1 unspecified atom stereocenters. The van der Waals surface area contributed by atoms with E-state index >= 15 is 4.39 Å². The second kappa shape index (κ2) is 7.61. The minimum absolute atomic E-state index is 0.0693. The molecule has 9 heteroatoms. The molecule has 33 heavy (non-hydrogen) atoms. The summed E-state index contributed by atoms with van der Waals surface area (Å²) in [7, 11) is 0. The number of carbonyl (C=O) groups is 2. The lowest BCUT2D eigenvalue weighted by atomic mass is 9.97. The van der Waals surface area contributed by atoms with Crippen molar-refractivity contribution in [3.8, 4) is 5.75 Å². The third-order valence-electron chi connectivity index (χ3n) is 6.18. The summed E-state index contributed by atoms with van der Waals surface area (Å²) in [5.41, 5.74) is -0.939. The Morgan fingerprint density at radius 2 is 2.03 bits per heavy atom. The summed E-state index contributed by atoms with van der Waals surface area (Å²) >= 11 is 0. The Morgan fingerprint density at radius 1 is 1.30 bits per heavy atom. The third kappa shape index (κ3) is 3.49. The van der Waals surface area contributed by atoms with Crippen molar-refractivity contribution < 1.29 is 28.6 Å². The largest absolute Gasteiger partial charge is 0.489 e. The first kappa shape index (κ1) is 21.0. The van der Waals surface area contributed by atoms with Crippen molar-refractivity contribution in [1.29, 1.82) is 0 Å². The lowest BCUT2D eigenvalue weighted by molar-refractivity contribution is 0.0694. The van der Waals surface area contributed by atoms with Crippen molar-refractivity contribution in [2.75, 3.05) is 6.61 Å². The first-order valence-corrected chi connectivity index (χ1v) is 10.6. The minimum Gasteiger partial charge on any atom is -0.489 e. The molecule has 1 amide bonds. The van der Waals surface area contributed by atoms with Crippen molar-refractivity contribution in [2.45, 2.75) is 38.0 Å². The fourth-order valence-corrected chi connectivity index (χ4v) is 4.34. The van der Waals surface area contributed by atoms with Crippen LogP contribution in [0, 0.1) is 5.82 Å². The maximum atomic E-state index is 15.4. The van der Waals surface area contributed by atoms with Gasteiger partial charge in [0.2, 0.25) is 5.43 Å². The van der Waals surface area contributed by atoms with Crippen LogP contribution in [0.15, 0.2) is 47.4 Å². The van der Waals surface area contributed by atoms with Crippen LogP contribution in [0.2, 0.25) is 0 Å². The molecule has 3 aromatic rings. The minimum atomic E-state index is -1.38. The summed E-state index contributed by atoms with van der Waals surface area (Å²) in [6.45, 7) is 2.05. The van der Waals surface area contributed by atoms with E-state index in [4.69, 9.17) is 9.47 Å². The molecule has 1 fully saturated rings. The molecule has 170 valence electrons. The zero-order valence-electron chi connectivity index (χ0n) is 17.8. The molecule has 1 aliphatic carbocycles. The average molecular weight is 452 g/mol. The lowest BCUT2D eigenvalue weighted by Gasteiger charge is -2.30. The maximum absolute atomic E-state index is 15.4. The Kier molecular flexibility index (Phi) is 4.84. The number of carbonyl (C=O) groups excluding carboxylic acids is 1. The molecule has 0 spiro atoms. The van der Waals surface area contributed by atoms with E-state index in [0.29, 0.717) is 18.4 Å². The molecular weight excluding hydrogens is 431 g/mol. The zero-order valence-corrected chi connectivity index (χ0v) is 17.8. The van der Waals surface area contributed by atoms with Crippen LogP contribution in [0.3, 0.4) is 0 Å². The smallest absolute Gasteiger partial charge is 0.408 e. The van der Waals surface area contributed by atoms with E-state index < -0.39 is 34.4 Å². The van der Waals surface area contributed by atoms with Crippen LogP contribution >= 0.6 is 0 Å². The number of alkyl carbamates (subject to hydrolysis) is 1. The number of hydrogen-bond donors (Lipinski definition) is 2. The van der Waals surface area contributed by atoms with Crippen molar-refractivity contribution >= 4 is 23.0 Å². The van der Waals surface area contributed by atoms with Gasteiger partial charge in [0.15, 0.2) is 5.75 Å². The number of carboxylic acids is 1. The number of hydrogen-bond acceptors (Lipinski definition) is 5. The highest BCUT2D eigenvalue weighted by Gasteiger charge is 2.51. The van der Waals surface area contributed by atoms with Crippen molar-refractivity contribution in [2.24, 2.45) is 0 Å². The number of amides is 1. The van der Waals surface area contributed by atoms with Gasteiger partial charge in [0.25, 0.3) is 0 Å². The van der Waals surface area contributed by atoms with Crippen molar-refractivity contribution in [3.05, 3.63) is 75.3 Å². The Labute approximate surface area is 187 Å². The van der Waals surface area contributed by atoms with E-state index in [1.54, 1.807) is 4.57 Å². The molecule has 0 bridgehead atoms. The van der Waals surface area contributed by atoms with Crippen LogP contribution in [0.1, 0.15) is 47.3 Å². The quantitative estimate of drug-likeness (QED) is 0.611. The van der Waals surface area contributed by atoms with Gasteiger partial charge in [-0.25, -0.2) is 14.0 Å². The molecule has 2 aliphatic rings. The lowest BCUT2D eigenvalue weighted by Crippen LogP contribution is -2.37. The van der Waals surface area contributed by atoms with Gasteiger partial charge in [0.1, 0.15) is 24.6 Å². The number of halogens is 1. The fourth-order valence-electron chi connectivity index (χ4n) is 4.34. The molecule has 2 aromatic carbocycles. The molecule has 2 heterocycles. The van der Waals surface area contributed by atoms with E-state index in [1.165, 1.54) is 6.20 Å². The molecule has 1 saturated carbocycles. The van der Waals surface area contributed by atoms with E-state index in [0.717, 1.165) is 11.6 Å². The number of ether oxygens (including phenoxy) is 2. The number of aromatic nitrogens is 1. The predicted molar refractivity (Wildman–Crippen MR) is 116 cm³/mol. The first-order valence-electron chi connectivity index (χ1n) is 10.6. The van der Waals surface area contributed by atoms with E-state index in [-0.39, 0.29) is 36.0 Å². The predicted octanol–water partition coefficient (Wildman–Crippen LogP) is 3.71. The second-order valence-electron chi connectivity index (χ2n) is 8.47. The number of rotatable bonds is 5. The topological polar surface area (TPSA) is 107 Å². The second-order valence-corrected chi connectivity index (χ2v) is 8.47. The standard InChI is InChI=1S/C24H21FN2O6/c1-13-11-32-21-18(17(25)9-15-19(21)27(13)10-16(20(15)28)22(29)30)24(7-8-24)26-23(31)33-12-14-5-3-2-4-6-14/h2-6,9-10,13H,7-8,11-12H2,1H3,(H,26,31)(H,29,30). The van der Waals surface area contributed by atoms with Gasteiger partial charge in [-0.3, -0.25) is 4.79 Å². The Balaban J connectivity index is 1.54. The van der Waals surface area contributed by atoms with Crippen LogP contribution in [0.4, 0.5) is 9.18 Å². The summed E-state index contributed by atoms with van der Waals surface area (Å²) in [5.74, 6) is -1.96. The fraction of sp³-hybridized carbons (Fsp3) is 0.292. The van der Waals surface area contributed by atoms with Gasteiger partial charge in [0, 0.05) is 6.20 Å². The van der Waals surface area contributed by atoms with E-state index in [9.17, 15) is 19.5 Å². The summed E-state index contributed by atoms with van der Waals surface area (Å²) in [5, 5.41) is 12.1. The molecule has 1 aliphatic heterocycles. The number of carboxylic acid groups (broad SMARTS) is 1. The highest BCUT2D eigenvalue weighted by molar-refractivity contribution is 5.95. The number of nitrogens with zero attached hydrogens (tertiary/aromatic N) is 1. The van der Waals surface area contributed by atoms with Gasteiger partial charge in [-0.2, -0.15) is 0 Å². The van der Waals surface area contributed by atoms with Crippen LogP contribution < -0.4 is 15.5 Å². The van der Waals surface area contributed by atoms with Gasteiger partial charge < -0.3 is 24.5 Å². The van der Waals surface area contributed by atoms with E-state index in [1.807, 2.05) is 37.3 Å². The third-order valence-corrected chi connectivity index (χ3v) is 6.18. The summed E-state index contributed by atoms with van der Waals surface area (Å²) < 4.78 is 28.2. The average Bonchev–Trinajstić information content (AvgIpc) is 3.56. The number of benzene rings is 2. The van der Waals surface area contributed by atoms with Gasteiger partial charge in [0.05, 0.1) is 28.0 Å². The molecular formula is C24H21FN2O6. The van der Waals surface area contributed by atoms with Gasteiger partial charge in [-0.15, -0.1) is 0 Å². The Morgan fingerprint density at radius 3 is 2.70 bits per heavy atom. The Bertz CT molecular complexity index is 1350. The number of nitrogens with one attached hydrogen (secondary N) is 1. The monoisotopic (exact) mass is 452 g/mol. The molecule has 0 radical (unpaired) electrons. The molecule has 0 saturated heterocycles. The molecule has 1 atom stereocenters. The van der Waals surface area contributed by atoms with Crippen LogP contribution in [0.5, 0.6) is 5.75 Å². The SMILES string of the molecule is CC1COc2c(C3(NC(=O)OCc4ccccc4)CC3)c(F)cc3c(=O)c(C(=O)O)cn1c23. The molecule has 8 nitrogen and oxygen atoms in total. The highest BCUT2D eigenvalue weighted by Crippen LogP contribution is 2.52. The van der Waals surface area contributed by atoms with E-state index in [2.05, 4.69) is 5.32 Å². The van der Waals surface area contributed by atoms with Crippen LogP contribution in [0.25, 0.3) is 10.9 Å². The van der Waals surface area contributed by atoms with Crippen molar-refractivity contribution in [3.63, 3.8) is 0 Å². The summed E-state index contributed by atoms with van der Waals surface area (Å²) in [4.78, 5) is 36.8. The number of aromatic carboxylic acids is 1. The molecule has 5 rings (SSSR count). The molecule has 1 aromatic heterocycles. The summed E-state index contributed by atoms with van der Waals surface area (Å²) in [6, 6.07) is 9.95. The van der Waals surface area contributed by atoms with Crippen LogP contribution in [-0.2, 0) is 16.9 Å². The van der Waals surface area contributed by atoms with Gasteiger partial charge in [-0.05, 0) is 31.4 Å². The Hall–Kier alpha value is -3.88. The number of pyridine rings is 1. The zero-order chi connectivity index (χ0) is 23.3. The molecule has 2 N–H and O–H groups in total.